The van der Waals surface area contributed by atoms with Crippen LogP contribution in [0, 0.1) is 0 Å². The molecule has 0 radical (unpaired) electrons. The summed E-state index contributed by atoms with van der Waals surface area (Å²) >= 11 is 6.03. The lowest BCUT2D eigenvalue weighted by Crippen LogP contribution is -2.26. The normalized spacial score (nSPS) is 15.3. The van der Waals surface area contributed by atoms with Crippen LogP contribution in [-0.4, -0.2) is 34.7 Å². The van der Waals surface area contributed by atoms with Crippen LogP contribution in [0.1, 0.15) is 24.8 Å². The third-order valence-electron chi connectivity index (χ3n) is 3.27. The van der Waals surface area contributed by atoms with Gasteiger partial charge >= 0.3 is 0 Å². The van der Waals surface area contributed by atoms with Gasteiger partial charge < -0.3 is 10.1 Å². The molecular weight excluding hydrogens is 312 g/mol. The van der Waals surface area contributed by atoms with Crippen LogP contribution in [0.2, 0.25) is 5.02 Å². The second-order valence-corrected chi connectivity index (χ2v) is 7.31. The van der Waals surface area contributed by atoms with E-state index in [4.69, 9.17) is 16.3 Å². The summed E-state index contributed by atoms with van der Waals surface area (Å²) in [6.45, 7) is 1.51. The van der Waals surface area contributed by atoms with E-state index in [-0.39, 0.29) is 9.92 Å². The highest BCUT2D eigenvalue weighted by Gasteiger charge is 2.21. The summed E-state index contributed by atoms with van der Waals surface area (Å²) in [5.41, 5.74) is 0.920. The number of hydrogen-bond acceptors (Lipinski definition) is 4. The van der Waals surface area contributed by atoms with Crippen LogP contribution in [0.4, 0.5) is 0 Å². The van der Waals surface area contributed by atoms with E-state index in [1.54, 1.807) is 19.2 Å². The van der Waals surface area contributed by atoms with Gasteiger partial charge in [-0.2, -0.15) is 0 Å². The molecule has 7 heteroatoms. The summed E-state index contributed by atoms with van der Waals surface area (Å²) in [7, 11) is -2.00. The Morgan fingerprint density at radius 3 is 2.81 bits per heavy atom. The minimum atomic E-state index is -3.58. The molecule has 21 heavy (non-hydrogen) atoms. The average Bonchev–Trinajstić information content (AvgIpc) is 3.27. The van der Waals surface area contributed by atoms with E-state index in [0.717, 1.165) is 5.56 Å². The standard InChI is InChI=1S/C14H21ClN2O3S/c1-20-8-2-7-17-21(18,19)14-9-11(3-6-13(14)15)10-16-12-4-5-12/h3,6,9,12,16-17H,2,4-5,7-8,10H2,1H3. The largest absolute Gasteiger partial charge is 0.385 e. The second-order valence-electron chi connectivity index (χ2n) is 5.16. The topological polar surface area (TPSA) is 67.4 Å². The van der Waals surface area contributed by atoms with Gasteiger partial charge in [-0.1, -0.05) is 17.7 Å². The molecule has 1 aliphatic rings. The number of ether oxygens (including phenoxy) is 1. The first-order chi connectivity index (χ1) is 10.0. The number of nitrogens with one attached hydrogen (secondary N) is 2. The highest BCUT2D eigenvalue weighted by atomic mass is 35.5. The highest BCUT2D eigenvalue weighted by Crippen LogP contribution is 2.24. The molecule has 0 aliphatic heterocycles. The SMILES string of the molecule is COCCCNS(=O)(=O)c1cc(CNC2CC2)ccc1Cl. The maximum absolute atomic E-state index is 12.3. The zero-order valence-corrected chi connectivity index (χ0v) is 13.6. The summed E-state index contributed by atoms with van der Waals surface area (Å²) in [5.74, 6) is 0. The van der Waals surface area contributed by atoms with Crippen LogP contribution in [0.3, 0.4) is 0 Å². The Bertz CT molecular complexity index is 574. The number of benzene rings is 1. The van der Waals surface area contributed by atoms with Gasteiger partial charge in [0, 0.05) is 32.8 Å². The van der Waals surface area contributed by atoms with Gasteiger partial charge in [-0.05, 0) is 37.0 Å². The molecule has 118 valence electrons. The van der Waals surface area contributed by atoms with Crippen LogP contribution >= 0.6 is 11.6 Å². The van der Waals surface area contributed by atoms with Gasteiger partial charge in [-0.3, -0.25) is 0 Å². The van der Waals surface area contributed by atoms with Gasteiger partial charge in [0.1, 0.15) is 4.90 Å². The van der Waals surface area contributed by atoms with E-state index in [9.17, 15) is 8.42 Å². The molecule has 1 aromatic carbocycles. The summed E-state index contributed by atoms with van der Waals surface area (Å²) in [6, 6.07) is 5.70. The summed E-state index contributed by atoms with van der Waals surface area (Å²) in [4.78, 5) is 0.136. The van der Waals surface area contributed by atoms with Crippen LogP contribution < -0.4 is 10.0 Å². The van der Waals surface area contributed by atoms with Crippen molar-refractivity contribution in [2.75, 3.05) is 20.3 Å². The van der Waals surface area contributed by atoms with Gasteiger partial charge in [-0.25, -0.2) is 13.1 Å². The minimum absolute atomic E-state index is 0.136. The second kappa shape index (κ2) is 7.56. The van der Waals surface area contributed by atoms with Crippen LogP contribution in [0.25, 0.3) is 0 Å². The van der Waals surface area contributed by atoms with E-state index in [1.807, 2.05) is 6.07 Å². The Kier molecular flexibility index (Phi) is 6.01. The first kappa shape index (κ1) is 16.7. The van der Waals surface area contributed by atoms with Crippen LogP contribution in [0.5, 0.6) is 0 Å². The quantitative estimate of drug-likeness (QED) is 0.678. The fraction of sp³-hybridized carbons (Fsp3) is 0.571. The Morgan fingerprint density at radius 1 is 1.38 bits per heavy atom. The molecule has 0 unspecified atom stereocenters. The third-order valence-corrected chi connectivity index (χ3v) is 5.22. The highest BCUT2D eigenvalue weighted by molar-refractivity contribution is 7.89. The molecule has 1 saturated carbocycles. The Hall–Kier alpha value is -0.660. The number of halogens is 1. The smallest absolute Gasteiger partial charge is 0.242 e. The monoisotopic (exact) mass is 332 g/mol. The molecule has 5 nitrogen and oxygen atoms in total. The molecule has 0 saturated heterocycles. The first-order valence-electron chi connectivity index (χ1n) is 7.03. The number of methoxy groups -OCH3 is 1. The molecule has 0 spiro atoms. The van der Waals surface area contributed by atoms with Gasteiger partial charge in [0.2, 0.25) is 10.0 Å². The average molecular weight is 333 g/mol. The Labute approximate surface area is 131 Å². The van der Waals surface area contributed by atoms with Gasteiger partial charge in [0.25, 0.3) is 0 Å². The summed E-state index contributed by atoms with van der Waals surface area (Å²) in [6.07, 6.45) is 3.01. The predicted molar refractivity (Wildman–Crippen MR) is 83.0 cm³/mol. The van der Waals surface area contributed by atoms with Crippen molar-refractivity contribution in [1.82, 2.24) is 10.0 Å². The van der Waals surface area contributed by atoms with Gasteiger partial charge in [-0.15, -0.1) is 0 Å². The van der Waals surface area contributed by atoms with Crippen LogP contribution in [0.15, 0.2) is 23.1 Å². The van der Waals surface area contributed by atoms with Gasteiger partial charge in [0.05, 0.1) is 5.02 Å². The lowest BCUT2D eigenvalue weighted by Gasteiger charge is -2.10. The zero-order valence-electron chi connectivity index (χ0n) is 12.1. The fourth-order valence-electron chi connectivity index (χ4n) is 1.91. The zero-order chi connectivity index (χ0) is 15.3. The molecule has 0 heterocycles. The first-order valence-corrected chi connectivity index (χ1v) is 8.89. The summed E-state index contributed by atoms with van der Waals surface area (Å²) in [5, 5.41) is 3.60. The van der Waals surface area contributed by atoms with Crippen molar-refractivity contribution < 1.29 is 13.2 Å². The van der Waals surface area contributed by atoms with E-state index in [2.05, 4.69) is 10.0 Å². The number of rotatable bonds is 9. The Balaban J connectivity index is 2.03. The van der Waals surface area contributed by atoms with Crippen molar-refractivity contribution in [2.24, 2.45) is 0 Å². The minimum Gasteiger partial charge on any atom is -0.385 e. The molecule has 2 N–H and O–H groups in total. The van der Waals surface area contributed by atoms with Crippen molar-refractivity contribution in [3.63, 3.8) is 0 Å². The number of sulfonamides is 1. The predicted octanol–water partition coefficient (Wildman–Crippen LogP) is 1.91. The molecule has 0 bridgehead atoms. The van der Waals surface area contributed by atoms with E-state index in [0.29, 0.717) is 32.2 Å². The molecule has 0 amide bonds. The molecule has 2 rings (SSSR count). The summed E-state index contributed by atoms with van der Waals surface area (Å²) < 4.78 is 32.0. The third kappa shape index (κ3) is 5.23. The van der Waals surface area contributed by atoms with E-state index >= 15 is 0 Å². The van der Waals surface area contributed by atoms with Crippen molar-refractivity contribution in [1.29, 1.82) is 0 Å². The molecule has 1 aliphatic carbocycles. The van der Waals surface area contributed by atoms with Gasteiger partial charge in [0.15, 0.2) is 0 Å². The fourth-order valence-corrected chi connectivity index (χ4v) is 3.54. The van der Waals surface area contributed by atoms with Crippen molar-refractivity contribution in [3.8, 4) is 0 Å². The Morgan fingerprint density at radius 2 is 2.14 bits per heavy atom. The lowest BCUT2D eigenvalue weighted by molar-refractivity contribution is 0.196. The maximum atomic E-state index is 12.3. The van der Waals surface area contributed by atoms with E-state index < -0.39 is 10.0 Å². The van der Waals surface area contributed by atoms with E-state index in [1.165, 1.54) is 12.8 Å². The molecular formula is C14H21ClN2O3S. The number of hydrogen-bond donors (Lipinski definition) is 2. The van der Waals surface area contributed by atoms with Crippen molar-refractivity contribution in [3.05, 3.63) is 28.8 Å². The molecule has 1 aromatic rings. The molecule has 0 aromatic heterocycles. The van der Waals surface area contributed by atoms with Crippen LogP contribution in [-0.2, 0) is 21.3 Å². The van der Waals surface area contributed by atoms with Crippen molar-refractivity contribution in [2.45, 2.75) is 36.7 Å². The van der Waals surface area contributed by atoms with Crippen molar-refractivity contribution >= 4 is 21.6 Å². The molecule has 0 atom stereocenters. The molecule has 1 fully saturated rings. The maximum Gasteiger partial charge on any atom is 0.242 e. The lowest BCUT2D eigenvalue weighted by atomic mass is 10.2.